The van der Waals surface area contributed by atoms with Gasteiger partial charge < -0.3 is 14.2 Å². The minimum atomic E-state index is -0.818. The summed E-state index contributed by atoms with van der Waals surface area (Å²) < 4.78 is 16.7. The first-order chi connectivity index (χ1) is 32.0. The van der Waals surface area contributed by atoms with E-state index in [1.807, 2.05) is 54.7 Å². The molecule has 0 rings (SSSR count). The van der Waals surface area contributed by atoms with Gasteiger partial charge in [0.1, 0.15) is 13.2 Å². The van der Waals surface area contributed by atoms with Gasteiger partial charge in [-0.1, -0.05) is 226 Å². The van der Waals surface area contributed by atoms with E-state index in [4.69, 9.17) is 14.2 Å². The molecule has 0 bridgehead atoms. The van der Waals surface area contributed by atoms with E-state index in [2.05, 4.69) is 87.6 Å². The Morgan fingerprint density at radius 1 is 0.338 bits per heavy atom. The standard InChI is InChI=1S/C59H94O6/c1-4-7-10-13-16-19-22-25-27-28-29-30-32-34-37-40-43-46-49-52-58(61)64-55-56(54-63-57(60)51-48-45-42-39-36-33-24-21-18-15-12-9-6-3)65-59(62)53-50-47-44-41-38-35-31-26-23-20-17-14-11-8-5-2/h7,9-10,12,15-21,23-27,33,36,39,42,56H,4-6,8,11,13-14,22,28-32,34-35,37-38,40-41,43-55H2,1-3H3/b10-7+,12-9+,18-15+,19-16+,20-17+,24-21+,26-23+,27-25+,36-33+,42-39+. The number of hydrogen-bond acceptors (Lipinski definition) is 6. The minimum Gasteiger partial charge on any atom is -0.462 e. The van der Waals surface area contributed by atoms with Gasteiger partial charge in [-0.3, -0.25) is 14.4 Å². The first-order valence-electron chi connectivity index (χ1n) is 26.1. The molecule has 0 heterocycles. The van der Waals surface area contributed by atoms with Crippen molar-refractivity contribution in [1.29, 1.82) is 0 Å². The number of esters is 3. The molecule has 0 aromatic carbocycles. The highest BCUT2D eigenvalue weighted by Gasteiger charge is 2.19. The molecular formula is C59H94O6. The summed E-state index contributed by atoms with van der Waals surface area (Å²) in [4.78, 5) is 38.0. The Kier molecular flexibility index (Phi) is 49.1. The lowest BCUT2D eigenvalue weighted by Crippen LogP contribution is -2.30. The van der Waals surface area contributed by atoms with Crippen LogP contribution in [0.2, 0.25) is 0 Å². The van der Waals surface area contributed by atoms with E-state index in [1.54, 1.807) is 0 Å². The van der Waals surface area contributed by atoms with Gasteiger partial charge >= 0.3 is 17.9 Å². The summed E-state index contributed by atoms with van der Waals surface area (Å²) in [5.74, 6) is -1.01. The van der Waals surface area contributed by atoms with Crippen LogP contribution in [0, 0.1) is 0 Å². The number of unbranched alkanes of at least 4 members (excludes halogenated alkanes) is 19. The van der Waals surface area contributed by atoms with Gasteiger partial charge in [0.15, 0.2) is 6.10 Å². The van der Waals surface area contributed by atoms with Gasteiger partial charge in [0.05, 0.1) is 0 Å². The van der Waals surface area contributed by atoms with Gasteiger partial charge in [0, 0.05) is 19.3 Å². The van der Waals surface area contributed by atoms with Crippen LogP contribution in [-0.2, 0) is 28.6 Å². The van der Waals surface area contributed by atoms with Gasteiger partial charge in [-0.25, -0.2) is 0 Å². The number of rotatable bonds is 45. The van der Waals surface area contributed by atoms with Crippen molar-refractivity contribution in [1.82, 2.24) is 0 Å². The third kappa shape index (κ3) is 50.7. The molecular weight excluding hydrogens is 805 g/mol. The summed E-state index contributed by atoms with van der Waals surface area (Å²) in [6.45, 7) is 6.26. The molecule has 0 aliphatic rings. The number of allylic oxidation sites excluding steroid dienone is 20. The molecule has 0 fully saturated rings. The summed E-state index contributed by atoms with van der Waals surface area (Å²) >= 11 is 0. The average molecular weight is 899 g/mol. The van der Waals surface area contributed by atoms with Crippen LogP contribution in [0.15, 0.2) is 122 Å². The van der Waals surface area contributed by atoms with Gasteiger partial charge in [0.25, 0.3) is 0 Å². The molecule has 0 aliphatic heterocycles. The van der Waals surface area contributed by atoms with Gasteiger partial charge in [0.2, 0.25) is 0 Å². The molecule has 366 valence electrons. The lowest BCUT2D eigenvalue weighted by atomic mass is 10.1. The van der Waals surface area contributed by atoms with E-state index in [-0.39, 0.29) is 37.5 Å². The average Bonchev–Trinajstić information content (AvgIpc) is 3.30. The lowest BCUT2D eigenvalue weighted by Gasteiger charge is -2.18. The first-order valence-corrected chi connectivity index (χ1v) is 26.1. The molecule has 65 heavy (non-hydrogen) atoms. The molecule has 1 unspecified atom stereocenters. The van der Waals surface area contributed by atoms with E-state index in [9.17, 15) is 14.4 Å². The Balaban J connectivity index is 4.49. The maximum absolute atomic E-state index is 12.8. The number of carbonyl (C=O) groups is 3. The highest BCUT2D eigenvalue weighted by atomic mass is 16.6. The summed E-state index contributed by atoms with van der Waals surface area (Å²) in [6.07, 6.45) is 71.9. The number of carbonyl (C=O) groups excluding carboxylic acids is 3. The van der Waals surface area contributed by atoms with Crippen LogP contribution in [0.25, 0.3) is 0 Å². The predicted molar refractivity (Wildman–Crippen MR) is 279 cm³/mol. The molecule has 0 aromatic rings. The van der Waals surface area contributed by atoms with Crippen LogP contribution in [0.4, 0.5) is 0 Å². The van der Waals surface area contributed by atoms with Crippen LogP contribution in [-0.4, -0.2) is 37.2 Å². The topological polar surface area (TPSA) is 78.9 Å². The Morgan fingerprint density at radius 2 is 0.692 bits per heavy atom. The second kappa shape index (κ2) is 52.4. The Morgan fingerprint density at radius 3 is 1.20 bits per heavy atom. The molecule has 6 nitrogen and oxygen atoms in total. The predicted octanol–water partition coefficient (Wildman–Crippen LogP) is 17.3. The van der Waals surface area contributed by atoms with Crippen LogP contribution in [0.1, 0.15) is 213 Å². The normalized spacial score (nSPS) is 13.1. The zero-order valence-electron chi connectivity index (χ0n) is 41.7. The van der Waals surface area contributed by atoms with Crippen molar-refractivity contribution < 1.29 is 28.6 Å². The molecule has 0 saturated carbocycles. The monoisotopic (exact) mass is 899 g/mol. The third-order valence-corrected chi connectivity index (χ3v) is 10.6. The molecule has 0 spiro atoms. The van der Waals surface area contributed by atoms with Crippen LogP contribution in [0.3, 0.4) is 0 Å². The van der Waals surface area contributed by atoms with Crippen molar-refractivity contribution in [3.63, 3.8) is 0 Å². The Labute approximate surface area is 399 Å². The Bertz CT molecular complexity index is 1400. The fraction of sp³-hybridized carbons (Fsp3) is 0.610. The van der Waals surface area contributed by atoms with Crippen molar-refractivity contribution >= 4 is 17.9 Å². The molecule has 0 aromatic heterocycles. The van der Waals surface area contributed by atoms with Crippen LogP contribution >= 0.6 is 0 Å². The van der Waals surface area contributed by atoms with Crippen molar-refractivity contribution in [2.75, 3.05) is 13.2 Å². The zero-order valence-corrected chi connectivity index (χ0v) is 41.7. The summed E-state index contributed by atoms with van der Waals surface area (Å²) in [6, 6.07) is 0. The SMILES string of the molecule is CC/C=C/C=C/C=C/C=C/C=C/CCCC(=O)OCC(COC(=O)CCCCCCCCCCC/C=C/C/C=C/C/C=C/CC)OC(=O)CCCCCCCC/C=C/C=C/CCCCC. The molecule has 0 saturated heterocycles. The van der Waals surface area contributed by atoms with Crippen LogP contribution < -0.4 is 0 Å². The second-order valence-corrected chi connectivity index (χ2v) is 16.8. The number of hydrogen-bond donors (Lipinski definition) is 0. The highest BCUT2D eigenvalue weighted by Crippen LogP contribution is 2.14. The molecule has 1 atom stereocenters. The van der Waals surface area contributed by atoms with E-state index in [0.717, 1.165) is 96.3 Å². The van der Waals surface area contributed by atoms with Gasteiger partial charge in [-0.2, -0.15) is 0 Å². The van der Waals surface area contributed by atoms with Crippen molar-refractivity contribution in [3.05, 3.63) is 122 Å². The fourth-order valence-electron chi connectivity index (χ4n) is 6.71. The minimum absolute atomic E-state index is 0.112. The molecule has 0 amide bonds. The Hall–Kier alpha value is -4.19. The maximum atomic E-state index is 12.8. The smallest absolute Gasteiger partial charge is 0.306 e. The van der Waals surface area contributed by atoms with E-state index < -0.39 is 6.10 Å². The molecule has 6 heteroatoms. The molecule has 0 aliphatic carbocycles. The zero-order chi connectivity index (χ0) is 47.2. The van der Waals surface area contributed by atoms with Crippen LogP contribution in [0.5, 0.6) is 0 Å². The second-order valence-electron chi connectivity index (χ2n) is 16.8. The number of ether oxygens (including phenoxy) is 3. The van der Waals surface area contributed by atoms with Gasteiger partial charge in [-0.05, 0) is 89.9 Å². The fourth-order valence-corrected chi connectivity index (χ4v) is 6.71. The van der Waals surface area contributed by atoms with Crippen molar-refractivity contribution in [2.24, 2.45) is 0 Å². The molecule has 0 N–H and O–H groups in total. The van der Waals surface area contributed by atoms with E-state index in [1.165, 1.54) is 70.6 Å². The summed E-state index contributed by atoms with van der Waals surface area (Å²) in [5, 5.41) is 0. The van der Waals surface area contributed by atoms with Crippen molar-refractivity contribution in [2.45, 2.75) is 219 Å². The summed E-state index contributed by atoms with van der Waals surface area (Å²) in [5.41, 5.74) is 0. The quantitative estimate of drug-likeness (QED) is 0.0199. The highest BCUT2D eigenvalue weighted by molar-refractivity contribution is 5.71. The van der Waals surface area contributed by atoms with E-state index >= 15 is 0 Å². The summed E-state index contributed by atoms with van der Waals surface area (Å²) in [7, 11) is 0. The molecule has 0 radical (unpaired) electrons. The van der Waals surface area contributed by atoms with Crippen molar-refractivity contribution in [3.8, 4) is 0 Å². The first kappa shape index (κ1) is 60.8. The lowest BCUT2D eigenvalue weighted by molar-refractivity contribution is -0.167. The largest absolute Gasteiger partial charge is 0.462 e. The third-order valence-electron chi connectivity index (χ3n) is 10.6. The van der Waals surface area contributed by atoms with Gasteiger partial charge in [-0.15, -0.1) is 0 Å². The maximum Gasteiger partial charge on any atom is 0.306 e. The van der Waals surface area contributed by atoms with E-state index in [0.29, 0.717) is 19.3 Å².